The van der Waals surface area contributed by atoms with Crippen LogP contribution in [0.25, 0.3) is 32.9 Å². The van der Waals surface area contributed by atoms with Gasteiger partial charge >= 0.3 is 6.01 Å². The lowest BCUT2D eigenvalue weighted by Gasteiger charge is -2.35. The van der Waals surface area contributed by atoms with Crippen LogP contribution >= 0.6 is 11.6 Å². The molecule has 3 aliphatic heterocycles. The van der Waals surface area contributed by atoms with Gasteiger partial charge in [-0.05, 0) is 50.7 Å². The third-order valence-electron chi connectivity index (χ3n) is 9.10. The lowest BCUT2D eigenvalue weighted by Crippen LogP contribution is -2.51. The van der Waals surface area contributed by atoms with Gasteiger partial charge in [0.25, 0.3) is 0 Å². The van der Waals surface area contributed by atoms with Gasteiger partial charge in [0.1, 0.15) is 23.6 Å². The maximum Gasteiger partial charge on any atom is 0.319 e. The number of methoxy groups -OCH3 is 1. The van der Waals surface area contributed by atoms with Gasteiger partial charge in [-0.15, -0.1) is 0 Å². The van der Waals surface area contributed by atoms with Gasteiger partial charge in [-0.3, -0.25) is 9.88 Å². The molecule has 2 bridgehead atoms. The van der Waals surface area contributed by atoms with Crippen LogP contribution in [0.2, 0.25) is 5.02 Å². The second kappa shape index (κ2) is 10.6. The number of halogens is 2. The van der Waals surface area contributed by atoms with Crippen LogP contribution in [-0.2, 0) is 4.74 Å². The van der Waals surface area contributed by atoms with Gasteiger partial charge < -0.3 is 19.7 Å². The standard InChI is InChI=1S/C31H34ClFN6O2/c1-38-13-5-12-31(38,17-40-2)18-41-30-36-28-23(29(37-30)39-15-20-10-11-21(16-39)35-20)14-34-27(26(28)33)22-8-3-6-19-7-4-9-24(32)25(19)22/h3-4,6-9,14,20-21,35H,5,10-13,15-18H2,1-2H3. The summed E-state index contributed by atoms with van der Waals surface area (Å²) in [5.74, 6) is 0.156. The molecule has 2 aromatic carbocycles. The van der Waals surface area contributed by atoms with E-state index in [0.29, 0.717) is 47.1 Å². The number of likely N-dealkylation sites (tertiary alicyclic amines) is 1. The van der Waals surface area contributed by atoms with Crippen LogP contribution in [0.5, 0.6) is 6.01 Å². The van der Waals surface area contributed by atoms with E-state index in [0.717, 1.165) is 56.1 Å². The molecule has 3 atom stereocenters. The Balaban J connectivity index is 1.35. The van der Waals surface area contributed by atoms with E-state index in [4.69, 9.17) is 26.1 Å². The summed E-state index contributed by atoms with van der Waals surface area (Å²) in [7, 11) is 3.80. The van der Waals surface area contributed by atoms with Crippen LogP contribution in [0.3, 0.4) is 0 Å². The minimum atomic E-state index is -0.508. The molecule has 0 aliphatic carbocycles. The van der Waals surface area contributed by atoms with E-state index >= 15 is 4.39 Å². The predicted octanol–water partition coefficient (Wildman–Crippen LogP) is 5.07. The Morgan fingerprint density at radius 3 is 2.61 bits per heavy atom. The Bertz CT molecular complexity index is 1600. The first-order valence-corrected chi connectivity index (χ1v) is 14.7. The molecular weight excluding hydrogens is 543 g/mol. The number of piperazine rings is 1. The van der Waals surface area contributed by atoms with Crippen LogP contribution in [0.4, 0.5) is 10.2 Å². The van der Waals surface area contributed by atoms with Gasteiger partial charge in [0.15, 0.2) is 5.82 Å². The van der Waals surface area contributed by atoms with Crippen molar-refractivity contribution in [1.82, 2.24) is 25.2 Å². The number of likely N-dealkylation sites (N-methyl/N-ethyl adjacent to an activating group) is 1. The summed E-state index contributed by atoms with van der Waals surface area (Å²) in [5.41, 5.74) is 0.759. The van der Waals surface area contributed by atoms with Crippen molar-refractivity contribution < 1.29 is 13.9 Å². The number of hydrogen-bond donors (Lipinski definition) is 1. The van der Waals surface area contributed by atoms with Crippen molar-refractivity contribution in [2.75, 3.05) is 51.9 Å². The Morgan fingerprint density at radius 1 is 1.10 bits per heavy atom. The monoisotopic (exact) mass is 576 g/mol. The summed E-state index contributed by atoms with van der Waals surface area (Å²) in [5, 5.41) is 6.48. The van der Waals surface area contributed by atoms with E-state index in [1.165, 1.54) is 0 Å². The Labute approximate surface area is 243 Å². The molecule has 8 nitrogen and oxygen atoms in total. The van der Waals surface area contributed by atoms with Crippen LogP contribution in [-0.4, -0.2) is 84.5 Å². The first kappa shape index (κ1) is 26.8. The van der Waals surface area contributed by atoms with Crippen LogP contribution in [0, 0.1) is 5.82 Å². The van der Waals surface area contributed by atoms with Gasteiger partial charge in [0.05, 0.1) is 17.5 Å². The average Bonchev–Trinajstić information content (AvgIpc) is 3.52. The Hall–Kier alpha value is -3.11. The number of aromatic nitrogens is 3. The molecule has 2 aromatic heterocycles. The zero-order valence-corrected chi connectivity index (χ0v) is 24.1. The smallest absolute Gasteiger partial charge is 0.319 e. The van der Waals surface area contributed by atoms with Gasteiger partial charge in [-0.2, -0.15) is 9.97 Å². The number of fused-ring (bicyclic) bond motifs is 4. The summed E-state index contributed by atoms with van der Waals surface area (Å²) >= 11 is 6.60. The predicted molar refractivity (Wildman–Crippen MR) is 159 cm³/mol. The molecule has 10 heteroatoms. The highest BCUT2D eigenvalue weighted by Gasteiger charge is 2.40. The number of benzene rings is 2. The molecule has 0 spiro atoms. The molecule has 0 radical (unpaired) electrons. The van der Waals surface area contributed by atoms with E-state index in [2.05, 4.69) is 32.1 Å². The SMILES string of the molecule is COCC1(COc2nc(N3CC4CCC(C3)N4)c3cnc(-c4cccc5cccc(Cl)c45)c(F)c3n2)CCCN1C. The second-order valence-electron chi connectivity index (χ2n) is 11.7. The fraction of sp³-hybridized carbons (Fsp3) is 0.452. The molecule has 5 heterocycles. The third kappa shape index (κ3) is 4.69. The summed E-state index contributed by atoms with van der Waals surface area (Å²) in [6.07, 6.45) is 5.96. The molecule has 214 valence electrons. The van der Waals surface area contributed by atoms with E-state index in [1.54, 1.807) is 13.3 Å². The number of nitrogens with zero attached hydrogens (tertiary/aromatic N) is 5. The molecule has 0 saturated carbocycles. The largest absolute Gasteiger partial charge is 0.461 e. The molecule has 3 saturated heterocycles. The molecule has 1 N–H and O–H groups in total. The molecule has 3 aliphatic rings. The van der Waals surface area contributed by atoms with Crippen LogP contribution < -0.4 is 15.0 Å². The van der Waals surface area contributed by atoms with Gasteiger partial charge in [0.2, 0.25) is 0 Å². The summed E-state index contributed by atoms with van der Waals surface area (Å²) in [4.78, 5) is 18.7. The van der Waals surface area contributed by atoms with Gasteiger partial charge in [-0.1, -0.05) is 41.9 Å². The lowest BCUT2D eigenvalue weighted by molar-refractivity contribution is 0.0159. The van der Waals surface area contributed by atoms with Crippen molar-refractivity contribution in [3.63, 3.8) is 0 Å². The molecule has 7 rings (SSSR count). The molecule has 3 fully saturated rings. The lowest BCUT2D eigenvalue weighted by atomic mass is 9.99. The van der Waals surface area contributed by atoms with Crippen molar-refractivity contribution in [2.45, 2.75) is 43.3 Å². The first-order valence-electron chi connectivity index (χ1n) is 14.3. The van der Waals surface area contributed by atoms with Crippen molar-refractivity contribution in [3.05, 3.63) is 53.4 Å². The maximum absolute atomic E-state index is 16.6. The number of ether oxygens (including phenoxy) is 2. The summed E-state index contributed by atoms with van der Waals surface area (Å²) in [6.45, 7) is 3.45. The van der Waals surface area contributed by atoms with E-state index in [-0.39, 0.29) is 22.8 Å². The van der Waals surface area contributed by atoms with Crippen LogP contribution in [0.1, 0.15) is 25.7 Å². The summed E-state index contributed by atoms with van der Waals surface area (Å²) < 4.78 is 28.5. The topological polar surface area (TPSA) is 75.6 Å². The van der Waals surface area contributed by atoms with Crippen LogP contribution in [0.15, 0.2) is 42.6 Å². The average molecular weight is 577 g/mol. The number of hydrogen-bond acceptors (Lipinski definition) is 8. The quantitative estimate of drug-likeness (QED) is 0.327. The Morgan fingerprint density at radius 2 is 1.88 bits per heavy atom. The number of anilines is 1. The number of rotatable bonds is 7. The maximum atomic E-state index is 16.6. The second-order valence-corrected chi connectivity index (χ2v) is 12.1. The minimum Gasteiger partial charge on any atom is -0.461 e. The van der Waals surface area contributed by atoms with E-state index < -0.39 is 5.82 Å². The number of pyridine rings is 1. The minimum absolute atomic E-state index is 0.168. The molecule has 41 heavy (non-hydrogen) atoms. The van der Waals surface area contributed by atoms with E-state index in [9.17, 15) is 0 Å². The highest BCUT2D eigenvalue weighted by atomic mass is 35.5. The van der Waals surface area contributed by atoms with Crippen molar-refractivity contribution in [1.29, 1.82) is 0 Å². The summed E-state index contributed by atoms with van der Waals surface area (Å²) in [6, 6.07) is 12.3. The Kier molecular flexibility index (Phi) is 6.93. The highest BCUT2D eigenvalue weighted by molar-refractivity contribution is 6.36. The normalized spacial score (nSPS) is 24.5. The fourth-order valence-electron chi connectivity index (χ4n) is 6.92. The van der Waals surface area contributed by atoms with Crippen molar-refractivity contribution in [2.24, 2.45) is 0 Å². The zero-order chi connectivity index (χ0) is 28.1. The third-order valence-corrected chi connectivity index (χ3v) is 9.41. The number of nitrogens with one attached hydrogen (secondary N) is 1. The first-order chi connectivity index (χ1) is 20.0. The molecule has 0 amide bonds. The van der Waals surface area contributed by atoms with Gasteiger partial charge in [-0.25, -0.2) is 4.39 Å². The zero-order valence-electron chi connectivity index (χ0n) is 23.4. The molecule has 4 aromatic rings. The molecule has 3 unspecified atom stereocenters. The van der Waals surface area contributed by atoms with E-state index in [1.807, 2.05) is 36.4 Å². The highest BCUT2D eigenvalue weighted by Crippen LogP contribution is 2.38. The van der Waals surface area contributed by atoms with Crippen molar-refractivity contribution in [3.8, 4) is 17.3 Å². The fourth-order valence-corrected chi connectivity index (χ4v) is 7.21. The van der Waals surface area contributed by atoms with Gasteiger partial charge in [0, 0.05) is 54.5 Å². The molecular formula is C31H34ClFN6O2. The van der Waals surface area contributed by atoms with Crippen molar-refractivity contribution >= 4 is 39.1 Å².